The molecule has 0 aliphatic carbocycles. The highest BCUT2D eigenvalue weighted by atomic mass is 35.5. The number of carbonyl (C=O) groups excluding carboxylic acids is 1. The van der Waals surface area contributed by atoms with Crippen molar-refractivity contribution in [2.75, 3.05) is 12.5 Å². The summed E-state index contributed by atoms with van der Waals surface area (Å²) in [4.78, 5) is 11.4. The number of ether oxygens (including phenoxy) is 1. The van der Waals surface area contributed by atoms with Crippen molar-refractivity contribution in [3.05, 3.63) is 41.3 Å². The maximum absolute atomic E-state index is 12.4. The molecule has 9 heteroatoms. The van der Waals surface area contributed by atoms with Gasteiger partial charge < -0.3 is 4.74 Å². The molecule has 0 radical (unpaired) electrons. The van der Waals surface area contributed by atoms with Crippen molar-refractivity contribution in [2.24, 2.45) is 0 Å². The second-order valence-electron chi connectivity index (χ2n) is 3.77. The van der Waals surface area contributed by atoms with Gasteiger partial charge >= 0.3 is 6.18 Å². The van der Waals surface area contributed by atoms with Gasteiger partial charge in [0, 0.05) is 11.0 Å². The topological polar surface area (TPSA) is 50.1 Å². The van der Waals surface area contributed by atoms with Gasteiger partial charge in [0.1, 0.15) is 6.61 Å². The standard InChI is InChI=1S/C13H11ClF3NO2S.ClH/c14-7-10(19)8-20-12(18)5-6-21-11-3-1-9(2-4-11)13(15,16)17;/h1-6,18H,7-8H2;1H/b6-5+,18-12?;. The van der Waals surface area contributed by atoms with Gasteiger partial charge in [-0.1, -0.05) is 11.8 Å². The quantitative estimate of drug-likeness (QED) is 0.344. The Hall–Kier alpha value is -1.18. The number of alkyl halides is 4. The predicted octanol–water partition coefficient (Wildman–Crippen LogP) is 4.53. The van der Waals surface area contributed by atoms with E-state index in [1.165, 1.54) is 23.6 Å². The van der Waals surface area contributed by atoms with Gasteiger partial charge in [0.05, 0.1) is 11.4 Å². The minimum atomic E-state index is -4.36. The number of nitrogens with one attached hydrogen (secondary N) is 1. The lowest BCUT2D eigenvalue weighted by molar-refractivity contribution is -0.137. The Balaban J connectivity index is 0.00000441. The van der Waals surface area contributed by atoms with E-state index in [0.29, 0.717) is 4.90 Å². The highest BCUT2D eigenvalue weighted by molar-refractivity contribution is 8.02. The van der Waals surface area contributed by atoms with E-state index < -0.39 is 11.7 Å². The van der Waals surface area contributed by atoms with E-state index in [-0.39, 0.29) is 36.6 Å². The van der Waals surface area contributed by atoms with Crippen molar-refractivity contribution in [3.63, 3.8) is 0 Å². The van der Waals surface area contributed by atoms with Crippen molar-refractivity contribution >= 4 is 47.5 Å². The van der Waals surface area contributed by atoms with Crippen LogP contribution in [0, 0.1) is 5.41 Å². The van der Waals surface area contributed by atoms with E-state index in [4.69, 9.17) is 21.7 Å². The van der Waals surface area contributed by atoms with E-state index in [1.807, 2.05) is 0 Å². The Morgan fingerprint density at radius 3 is 2.41 bits per heavy atom. The smallest absolute Gasteiger partial charge is 0.416 e. The molecule has 0 aliphatic heterocycles. The van der Waals surface area contributed by atoms with Crippen LogP contribution in [-0.4, -0.2) is 24.2 Å². The fourth-order valence-corrected chi connectivity index (χ4v) is 1.86. The molecule has 1 rings (SSSR count). The molecule has 1 aromatic rings. The molecule has 122 valence electrons. The fraction of sp³-hybridized carbons (Fsp3) is 0.231. The molecule has 22 heavy (non-hydrogen) atoms. The normalized spacial score (nSPS) is 11.1. The highest BCUT2D eigenvalue weighted by Gasteiger charge is 2.29. The van der Waals surface area contributed by atoms with E-state index in [1.54, 1.807) is 0 Å². The number of hydrogen-bond donors (Lipinski definition) is 1. The first kappa shape index (κ1) is 20.8. The molecule has 0 fully saturated rings. The minimum absolute atomic E-state index is 0. The summed E-state index contributed by atoms with van der Waals surface area (Å²) in [7, 11) is 0. The first-order chi connectivity index (χ1) is 9.82. The molecule has 1 N–H and O–H groups in total. The monoisotopic (exact) mass is 373 g/mol. The third kappa shape index (κ3) is 7.72. The van der Waals surface area contributed by atoms with Gasteiger partial charge in [0.25, 0.3) is 0 Å². The molecular weight excluding hydrogens is 362 g/mol. The van der Waals surface area contributed by atoms with Gasteiger partial charge in [-0.3, -0.25) is 10.2 Å². The largest absolute Gasteiger partial charge is 0.470 e. The van der Waals surface area contributed by atoms with Crippen LogP contribution < -0.4 is 0 Å². The molecule has 0 aromatic heterocycles. The lowest BCUT2D eigenvalue weighted by atomic mass is 10.2. The molecule has 3 nitrogen and oxygen atoms in total. The summed E-state index contributed by atoms with van der Waals surface area (Å²) < 4.78 is 41.9. The average molecular weight is 374 g/mol. The van der Waals surface area contributed by atoms with Crippen LogP contribution in [0.1, 0.15) is 5.56 Å². The molecule has 0 atom stereocenters. The zero-order valence-corrected chi connectivity index (χ0v) is 13.4. The lowest BCUT2D eigenvalue weighted by Gasteiger charge is -2.06. The molecular formula is C13H12Cl2F3NO2S. The number of thioether (sulfide) groups is 1. The SMILES string of the molecule is Cl.N=C(/C=C/Sc1ccc(C(F)(F)F)cc1)OCC(=O)CCl. The highest BCUT2D eigenvalue weighted by Crippen LogP contribution is 2.30. The van der Waals surface area contributed by atoms with Gasteiger partial charge in [0.15, 0.2) is 5.78 Å². The number of hydrogen-bond acceptors (Lipinski definition) is 4. The third-order valence-corrected chi connectivity index (χ3v) is 3.26. The van der Waals surface area contributed by atoms with Gasteiger partial charge in [-0.15, -0.1) is 24.0 Å². The summed E-state index contributed by atoms with van der Waals surface area (Å²) >= 11 is 6.39. The van der Waals surface area contributed by atoms with E-state index in [2.05, 4.69) is 0 Å². The third-order valence-electron chi connectivity index (χ3n) is 2.14. The van der Waals surface area contributed by atoms with Crippen LogP contribution in [0.5, 0.6) is 0 Å². The Labute approximate surface area is 140 Å². The number of ketones is 1. The summed E-state index contributed by atoms with van der Waals surface area (Å²) in [6.07, 6.45) is -3.06. The summed E-state index contributed by atoms with van der Waals surface area (Å²) in [6.45, 7) is -0.280. The van der Waals surface area contributed by atoms with Crippen LogP contribution in [0.2, 0.25) is 0 Å². The van der Waals surface area contributed by atoms with Crippen LogP contribution in [0.3, 0.4) is 0 Å². The molecule has 0 unspecified atom stereocenters. The maximum Gasteiger partial charge on any atom is 0.416 e. The number of rotatable bonds is 6. The van der Waals surface area contributed by atoms with Crippen LogP contribution in [-0.2, 0) is 15.7 Å². The zero-order chi connectivity index (χ0) is 15.9. The number of Topliss-reactive ketones (excluding diaryl/α,β-unsaturated/α-hetero) is 1. The molecule has 0 aliphatic rings. The number of halogens is 5. The molecule has 0 saturated carbocycles. The van der Waals surface area contributed by atoms with Crippen LogP contribution in [0.15, 0.2) is 40.6 Å². The van der Waals surface area contributed by atoms with Gasteiger partial charge in [-0.05, 0) is 29.7 Å². The zero-order valence-electron chi connectivity index (χ0n) is 11.0. The average Bonchev–Trinajstić information content (AvgIpc) is 2.44. The lowest BCUT2D eigenvalue weighted by Crippen LogP contribution is -2.12. The maximum atomic E-state index is 12.4. The Bertz CT molecular complexity index is 533. The first-order valence-electron chi connectivity index (χ1n) is 5.62. The Morgan fingerprint density at radius 2 is 1.91 bits per heavy atom. The van der Waals surface area contributed by atoms with Crippen molar-refractivity contribution in [1.82, 2.24) is 0 Å². The fourth-order valence-electron chi connectivity index (χ4n) is 1.14. The van der Waals surface area contributed by atoms with Crippen molar-refractivity contribution in [1.29, 1.82) is 5.41 Å². The molecule has 0 heterocycles. The predicted molar refractivity (Wildman–Crippen MR) is 83.1 cm³/mol. The summed E-state index contributed by atoms with van der Waals surface area (Å²) in [5, 5.41) is 8.85. The molecule has 0 amide bonds. The van der Waals surface area contributed by atoms with Gasteiger partial charge in [-0.25, -0.2) is 0 Å². The second kappa shape index (κ2) is 9.76. The first-order valence-corrected chi connectivity index (χ1v) is 7.04. The summed E-state index contributed by atoms with van der Waals surface area (Å²) in [5.41, 5.74) is -0.716. The van der Waals surface area contributed by atoms with Crippen molar-refractivity contribution < 1.29 is 22.7 Å². The second-order valence-corrected chi connectivity index (χ2v) is 5.01. The van der Waals surface area contributed by atoms with E-state index in [0.717, 1.165) is 23.9 Å². The van der Waals surface area contributed by atoms with E-state index in [9.17, 15) is 18.0 Å². The molecule has 0 saturated heterocycles. The molecule has 0 spiro atoms. The van der Waals surface area contributed by atoms with Gasteiger partial charge in [-0.2, -0.15) is 13.2 Å². The van der Waals surface area contributed by atoms with Crippen LogP contribution in [0.25, 0.3) is 0 Å². The minimum Gasteiger partial charge on any atom is -0.470 e. The number of benzene rings is 1. The van der Waals surface area contributed by atoms with Crippen molar-refractivity contribution in [2.45, 2.75) is 11.1 Å². The van der Waals surface area contributed by atoms with Crippen LogP contribution in [0.4, 0.5) is 13.2 Å². The van der Waals surface area contributed by atoms with Crippen molar-refractivity contribution in [3.8, 4) is 0 Å². The van der Waals surface area contributed by atoms with Gasteiger partial charge in [0.2, 0.25) is 5.90 Å². The molecule has 0 bridgehead atoms. The molecule has 1 aromatic carbocycles. The Morgan fingerprint density at radius 1 is 1.32 bits per heavy atom. The Kier molecular flexibility index (Phi) is 9.24. The number of carbonyl (C=O) groups is 1. The van der Waals surface area contributed by atoms with Crippen LogP contribution >= 0.6 is 35.8 Å². The van der Waals surface area contributed by atoms with E-state index >= 15 is 0 Å². The summed E-state index contributed by atoms with van der Waals surface area (Å²) in [6, 6.07) is 4.63. The summed E-state index contributed by atoms with van der Waals surface area (Å²) in [5.74, 6) is -0.754.